The number of pyridine rings is 1. The van der Waals surface area contributed by atoms with E-state index in [1.807, 2.05) is 41.3 Å². The van der Waals surface area contributed by atoms with Crippen LogP contribution in [-0.2, 0) is 0 Å². The molecule has 1 N–H and O–H groups in total. The van der Waals surface area contributed by atoms with Gasteiger partial charge < -0.3 is 19.3 Å². The number of carbonyl (C=O) groups is 1. The molecule has 1 aliphatic heterocycles. The van der Waals surface area contributed by atoms with Crippen molar-refractivity contribution in [1.29, 1.82) is 0 Å². The van der Waals surface area contributed by atoms with Crippen LogP contribution in [0.15, 0.2) is 48.7 Å². The summed E-state index contributed by atoms with van der Waals surface area (Å²) in [5.74, 6) is 2.24. The topological polar surface area (TPSA) is 83.6 Å². The van der Waals surface area contributed by atoms with Crippen LogP contribution in [0.3, 0.4) is 0 Å². The molecule has 1 fully saturated rings. The van der Waals surface area contributed by atoms with Crippen molar-refractivity contribution in [3.63, 3.8) is 0 Å². The lowest BCUT2D eigenvalue weighted by Crippen LogP contribution is -2.49. The van der Waals surface area contributed by atoms with Gasteiger partial charge in [-0.2, -0.15) is 5.10 Å². The molecule has 8 nitrogen and oxygen atoms in total. The van der Waals surface area contributed by atoms with Crippen LogP contribution in [0.5, 0.6) is 11.5 Å². The Morgan fingerprint density at radius 1 is 1.03 bits per heavy atom. The molecule has 4 rings (SSSR count). The zero-order valence-corrected chi connectivity index (χ0v) is 16.5. The summed E-state index contributed by atoms with van der Waals surface area (Å²) in [7, 11) is 3.21. The summed E-state index contributed by atoms with van der Waals surface area (Å²) < 4.78 is 10.7. The Balaban J connectivity index is 1.47. The first-order valence-corrected chi connectivity index (χ1v) is 9.42. The first kappa shape index (κ1) is 18.8. The molecule has 0 spiro atoms. The van der Waals surface area contributed by atoms with Crippen molar-refractivity contribution in [2.24, 2.45) is 0 Å². The number of H-pyrrole nitrogens is 1. The first-order valence-electron chi connectivity index (χ1n) is 9.42. The maximum atomic E-state index is 12.9. The summed E-state index contributed by atoms with van der Waals surface area (Å²) in [5, 5.41) is 7.19. The van der Waals surface area contributed by atoms with Crippen LogP contribution >= 0.6 is 0 Å². The number of methoxy groups -OCH3 is 2. The standard InChI is InChI=1S/C21H23N5O3/c1-28-15-6-7-19(29-2)16(13-15)17-14-18(24-23-17)21(27)26-11-9-25(10-12-26)20-5-3-4-8-22-20/h3-8,13-14H,9-12H2,1-2H3,(H,23,24). The second-order valence-corrected chi connectivity index (χ2v) is 6.70. The number of nitrogens with zero attached hydrogens (tertiary/aromatic N) is 4. The number of rotatable bonds is 5. The van der Waals surface area contributed by atoms with Crippen LogP contribution < -0.4 is 14.4 Å². The zero-order valence-electron chi connectivity index (χ0n) is 16.5. The minimum Gasteiger partial charge on any atom is -0.497 e. The van der Waals surface area contributed by atoms with Gasteiger partial charge in [-0.25, -0.2) is 4.98 Å². The number of amides is 1. The monoisotopic (exact) mass is 393 g/mol. The maximum absolute atomic E-state index is 12.9. The smallest absolute Gasteiger partial charge is 0.272 e. The molecule has 1 saturated heterocycles. The van der Waals surface area contributed by atoms with E-state index < -0.39 is 0 Å². The number of hydrogen-bond acceptors (Lipinski definition) is 6. The van der Waals surface area contributed by atoms with Gasteiger partial charge >= 0.3 is 0 Å². The summed E-state index contributed by atoms with van der Waals surface area (Å²) in [5.41, 5.74) is 1.86. The number of benzene rings is 1. The predicted octanol–water partition coefficient (Wildman–Crippen LogP) is 2.45. The Morgan fingerprint density at radius 2 is 1.86 bits per heavy atom. The normalized spacial score (nSPS) is 14.0. The molecule has 0 unspecified atom stereocenters. The van der Waals surface area contributed by atoms with Crippen LogP contribution in [0.4, 0.5) is 5.82 Å². The third kappa shape index (κ3) is 3.87. The van der Waals surface area contributed by atoms with Crippen molar-refractivity contribution in [1.82, 2.24) is 20.1 Å². The number of aromatic amines is 1. The fourth-order valence-electron chi connectivity index (χ4n) is 3.43. The SMILES string of the molecule is COc1ccc(OC)c(-c2cc(C(=O)N3CCN(c4ccccn4)CC3)[nH]n2)c1. The highest BCUT2D eigenvalue weighted by atomic mass is 16.5. The van der Waals surface area contributed by atoms with Crippen LogP contribution in [0, 0.1) is 0 Å². The highest BCUT2D eigenvalue weighted by molar-refractivity contribution is 5.93. The Hall–Kier alpha value is -3.55. The lowest BCUT2D eigenvalue weighted by Gasteiger charge is -2.35. The van der Waals surface area contributed by atoms with Gasteiger partial charge in [0.15, 0.2) is 0 Å². The van der Waals surface area contributed by atoms with Gasteiger partial charge in [0.1, 0.15) is 23.0 Å². The van der Waals surface area contributed by atoms with E-state index in [9.17, 15) is 4.79 Å². The first-order chi connectivity index (χ1) is 14.2. The van der Waals surface area contributed by atoms with Gasteiger partial charge in [0.2, 0.25) is 0 Å². The number of piperazine rings is 1. The van der Waals surface area contributed by atoms with Crippen molar-refractivity contribution in [3.8, 4) is 22.8 Å². The lowest BCUT2D eigenvalue weighted by atomic mass is 10.1. The van der Waals surface area contributed by atoms with Gasteiger partial charge in [-0.15, -0.1) is 0 Å². The average Bonchev–Trinajstić information content (AvgIpc) is 3.29. The van der Waals surface area contributed by atoms with E-state index >= 15 is 0 Å². The molecule has 0 atom stereocenters. The van der Waals surface area contributed by atoms with Crippen LogP contribution in [-0.4, -0.2) is 66.4 Å². The quantitative estimate of drug-likeness (QED) is 0.717. The van der Waals surface area contributed by atoms with Crippen LogP contribution in [0.25, 0.3) is 11.3 Å². The van der Waals surface area contributed by atoms with Crippen LogP contribution in [0.2, 0.25) is 0 Å². The Kier molecular flexibility index (Phi) is 5.33. The van der Waals surface area contributed by atoms with Crippen molar-refractivity contribution in [2.45, 2.75) is 0 Å². The fraction of sp³-hybridized carbons (Fsp3) is 0.286. The molecule has 29 heavy (non-hydrogen) atoms. The molecule has 3 heterocycles. The number of ether oxygens (including phenoxy) is 2. The second-order valence-electron chi connectivity index (χ2n) is 6.70. The van der Waals surface area contributed by atoms with E-state index in [0.717, 1.165) is 24.5 Å². The third-order valence-electron chi connectivity index (χ3n) is 5.03. The van der Waals surface area contributed by atoms with E-state index in [2.05, 4.69) is 20.1 Å². The maximum Gasteiger partial charge on any atom is 0.272 e. The number of carbonyl (C=O) groups excluding carboxylic acids is 1. The molecule has 1 amide bonds. The van der Waals surface area contributed by atoms with Gasteiger partial charge in [0.05, 0.1) is 19.9 Å². The molecule has 0 radical (unpaired) electrons. The zero-order chi connectivity index (χ0) is 20.2. The Bertz CT molecular complexity index is 981. The highest BCUT2D eigenvalue weighted by Crippen LogP contribution is 2.32. The van der Waals surface area contributed by atoms with Crippen molar-refractivity contribution < 1.29 is 14.3 Å². The molecular weight excluding hydrogens is 370 g/mol. The minimum absolute atomic E-state index is 0.0636. The van der Waals surface area contributed by atoms with Gasteiger partial charge in [0, 0.05) is 37.9 Å². The van der Waals surface area contributed by atoms with E-state index in [1.165, 1.54) is 0 Å². The number of hydrogen-bond donors (Lipinski definition) is 1. The van der Waals surface area contributed by atoms with Crippen LogP contribution in [0.1, 0.15) is 10.5 Å². The van der Waals surface area contributed by atoms with Crippen molar-refractivity contribution in [3.05, 3.63) is 54.4 Å². The summed E-state index contributed by atoms with van der Waals surface area (Å²) in [6.07, 6.45) is 1.78. The number of anilines is 1. The summed E-state index contributed by atoms with van der Waals surface area (Å²) in [6.45, 7) is 2.75. The second kappa shape index (κ2) is 8.22. The summed E-state index contributed by atoms with van der Waals surface area (Å²) >= 11 is 0. The molecular formula is C21H23N5O3. The summed E-state index contributed by atoms with van der Waals surface area (Å²) in [6, 6.07) is 13.1. The van der Waals surface area contributed by atoms with Gasteiger partial charge in [-0.05, 0) is 36.4 Å². The third-order valence-corrected chi connectivity index (χ3v) is 5.03. The Labute approximate surface area is 169 Å². The molecule has 3 aromatic rings. The molecule has 150 valence electrons. The number of aromatic nitrogens is 3. The molecule has 1 aromatic carbocycles. The molecule has 8 heteroatoms. The molecule has 2 aromatic heterocycles. The fourth-order valence-corrected chi connectivity index (χ4v) is 3.43. The van der Waals surface area contributed by atoms with E-state index in [1.54, 1.807) is 26.5 Å². The van der Waals surface area contributed by atoms with E-state index in [4.69, 9.17) is 9.47 Å². The largest absolute Gasteiger partial charge is 0.497 e. The van der Waals surface area contributed by atoms with Crippen molar-refractivity contribution in [2.75, 3.05) is 45.3 Å². The predicted molar refractivity (Wildman–Crippen MR) is 109 cm³/mol. The van der Waals surface area contributed by atoms with Gasteiger partial charge in [-0.3, -0.25) is 9.89 Å². The van der Waals surface area contributed by atoms with E-state index in [-0.39, 0.29) is 5.91 Å². The van der Waals surface area contributed by atoms with Crippen molar-refractivity contribution >= 4 is 11.7 Å². The molecule has 1 aliphatic rings. The van der Waals surface area contributed by atoms with E-state index in [0.29, 0.717) is 36.0 Å². The summed E-state index contributed by atoms with van der Waals surface area (Å²) in [4.78, 5) is 21.3. The highest BCUT2D eigenvalue weighted by Gasteiger charge is 2.24. The average molecular weight is 393 g/mol. The molecule has 0 bridgehead atoms. The lowest BCUT2D eigenvalue weighted by molar-refractivity contribution is 0.0740. The van der Waals surface area contributed by atoms with Gasteiger partial charge in [0.25, 0.3) is 5.91 Å². The molecule has 0 saturated carbocycles. The Morgan fingerprint density at radius 3 is 2.55 bits per heavy atom. The molecule has 0 aliphatic carbocycles. The minimum atomic E-state index is -0.0636. The van der Waals surface area contributed by atoms with Gasteiger partial charge in [-0.1, -0.05) is 6.07 Å². The number of nitrogens with one attached hydrogen (secondary N) is 1.